The first-order valence-electron chi connectivity index (χ1n) is 31.7. The molecule has 480 valence electrons. The van der Waals surface area contributed by atoms with Crippen molar-refractivity contribution in [1.82, 2.24) is 4.98 Å². The van der Waals surface area contributed by atoms with E-state index < -0.39 is 6.43 Å². The Morgan fingerprint density at radius 1 is 0.484 bits per heavy atom. The number of ether oxygens (including phenoxy) is 1. The molecule has 1 aromatic heterocycles. The van der Waals surface area contributed by atoms with Crippen molar-refractivity contribution in [1.29, 1.82) is 0 Å². The average Bonchev–Trinajstić information content (AvgIpc) is 1.75. The second-order valence-electron chi connectivity index (χ2n) is 23.9. The lowest BCUT2D eigenvalue weighted by Gasteiger charge is -2.17. The second kappa shape index (κ2) is 30.3. The van der Waals surface area contributed by atoms with Crippen LogP contribution in [-0.4, -0.2) is 58.6 Å². The van der Waals surface area contributed by atoms with Gasteiger partial charge >= 0.3 is 0 Å². The van der Waals surface area contributed by atoms with E-state index in [0.29, 0.717) is 59.6 Å². The molecule has 17 heteroatoms. The normalized spacial score (nSPS) is 16.8. The first kappa shape index (κ1) is 65.0. The molecule has 9 aromatic carbocycles. The number of aromatic nitrogens is 1. The van der Waals surface area contributed by atoms with Gasteiger partial charge in [-0.3, -0.25) is 29.0 Å². The minimum absolute atomic E-state index is 0.0131. The molecule has 0 aliphatic carbocycles. The summed E-state index contributed by atoms with van der Waals surface area (Å²) in [6, 6.07) is 66.6. The van der Waals surface area contributed by atoms with Gasteiger partial charge in [0.15, 0.2) is 5.78 Å². The van der Waals surface area contributed by atoms with E-state index in [1.807, 2.05) is 161 Å². The maximum atomic E-state index is 13.2. The van der Waals surface area contributed by atoms with Crippen molar-refractivity contribution < 1.29 is 37.5 Å². The molecule has 14 rings (SSSR count). The van der Waals surface area contributed by atoms with Crippen molar-refractivity contribution in [2.45, 2.75) is 90.4 Å². The SMILES string of the molecule is CC1CC(=O)Nc2cccc(C(=O)Cc3ccccc3Oc3ccccc3)c2N1.C[C@@H]1CC(=O)Nc2cccc(-c3cccc(C(F)F)c3)c2N1.C[C@@H]1CC(=O)Nc2cccc(-c3cnc4ccccc4c3)c2N1.C[C@@H]1CC(=O)Nc2cccc(/C=C/c3ccccc3)c2N1. The van der Waals surface area contributed by atoms with Gasteiger partial charge in [-0.1, -0.05) is 158 Å². The first-order chi connectivity index (χ1) is 46.1. The third kappa shape index (κ3) is 16.8. The van der Waals surface area contributed by atoms with Crippen LogP contribution in [0.1, 0.15) is 92.4 Å². The maximum absolute atomic E-state index is 13.2. The summed E-state index contributed by atoms with van der Waals surface area (Å²) in [7, 11) is 0. The first-order valence-corrected chi connectivity index (χ1v) is 31.7. The Balaban J connectivity index is 0.000000130. The minimum Gasteiger partial charge on any atom is -0.457 e. The van der Waals surface area contributed by atoms with Gasteiger partial charge in [-0.2, -0.15) is 0 Å². The Morgan fingerprint density at radius 2 is 0.968 bits per heavy atom. The molecule has 0 spiro atoms. The monoisotopic (exact) mass is 1270 g/mol. The zero-order valence-electron chi connectivity index (χ0n) is 53.0. The number of carbonyl (C=O) groups is 5. The molecule has 5 heterocycles. The van der Waals surface area contributed by atoms with Gasteiger partial charge < -0.3 is 47.3 Å². The van der Waals surface area contributed by atoms with E-state index in [1.165, 1.54) is 12.1 Å². The number of hydrogen-bond acceptors (Lipinski definition) is 11. The highest BCUT2D eigenvalue weighted by atomic mass is 19.3. The molecule has 0 radical (unpaired) electrons. The summed E-state index contributed by atoms with van der Waals surface area (Å²) in [4.78, 5) is 65.2. The Hall–Kier alpha value is -11.5. The fraction of sp³-hybridized carbons (Fsp3) is 0.179. The molecule has 95 heavy (non-hydrogen) atoms. The average molecular weight is 1270 g/mol. The topological polar surface area (TPSA) is 204 Å². The van der Waals surface area contributed by atoms with Crippen LogP contribution in [0.5, 0.6) is 11.5 Å². The van der Waals surface area contributed by atoms with Crippen LogP contribution in [-0.2, 0) is 25.6 Å². The van der Waals surface area contributed by atoms with E-state index in [9.17, 15) is 32.8 Å². The Morgan fingerprint density at radius 3 is 1.58 bits per heavy atom. The highest BCUT2D eigenvalue weighted by molar-refractivity contribution is 6.08. The van der Waals surface area contributed by atoms with Crippen LogP contribution in [0.4, 0.5) is 54.3 Å². The molecule has 1 unspecified atom stereocenters. The highest BCUT2D eigenvalue weighted by Gasteiger charge is 2.26. The van der Waals surface area contributed by atoms with Crippen LogP contribution in [0.2, 0.25) is 0 Å². The number of Topliss-reactive ketones (excluding diaryl/α,β-unsaturated/α-hetero) is 1. The molecule has 4 amide bonds. The molecule has 15 nitrogen and oxygen atoms in total. The summed E-state index contributed by atoms with van der Waals surface area (Å²) in [5.41, 5.74) is 14.5. The van der Waals surface area contributed by atoms with Gasteiger partial charge in [0.1, 0.15) is 11.5 Å². The zero-order chi connectivity index (χ0) is 66.4. The van der Waals surface area contributed by atoms with E-state index in [0.717, 1.165) is 78.5 Å². The quantitative estimate of drug-likeness (QED) is 0.0478. The number of alkyl halides is 2. The lowest BCUT2D eigenvalue weighted by atomic mass is 9.99. The van der Waals surface area contributed by atoms with Gasteiger partial charge in [-0.25, -0.2) is 8.78 Å². The molecule has 0 saturated carbocycles. The third-order valence-corrected chi connectivity index (χ3v) is 16.1. The predicted octanol–water partition coefficient (Wildman–Crippen LogP) is 17.5. The number of fused-ring (bicyclic) bond motifs is 5. The van der Waals surface area contributed by atoms with Crippen molar-refractivity contribution in [3.05, 3.63) is 246 Å². The molecule has 0 fully saturated rings. The molecular weight excluding hydrogens is 1200 g/mol. The number of ketones is 1. The van der Waals surface area contributed by atoms with Crippen molar-refractivity contribution in [3.63, 3.8) is 0 Å². The Labute approximate surface area is 550 Å². The summed E-state index contributed by atoms with van der Waals surface area (Å²) < 4.78 is 31.8. The largest absolute Gasteiger partial charge is 0.457 e. The minimum atomic E-state index is -2.51. The molecule has 0 saturated heterocycles. The van der Waals surface area contributed by atoms with E-state index in [2.05, 4.69) is 96.1 Å². The van der Waals surface area contributed by atoms with E-state index in [1.54, 1.807) is 36.4 Å². The number of carbonyl (C=O) groups excluding carboxylic acids is 5. The second-order valence-corrected chi connectivity index (χ2v) is 23.9. The van der Waals surface area contributed by atoms with E-state index in [4.69, 9.17) is 4.74 Å². The van der Waals surface area contributed by atoms with Crippen LogP contribution in [0, 0.1) is 0 Å². The number of amides is 4. The summed E-state index contributed by atoms with van der Waals surface area (Å²) >= 11 is 0. The van der Waals surface area contributed by atoms with Crippen molar-refractivity contribution in [2.75, 3.05) is 42.5 Å². The summed E-state index contributed by atoms with van der Waals surface area (Å²) in [6.07, 6.45) is 5.40. The van der Waals surface area contributed by atoms with Crippen LogP contribution in [0.25, 0.3) is 45.3 Å². The third-order valence-electron chi connectivity index (χ3n) is 16.1. The summed E-state index contributed by atoms with van der Waals surface area (Å²) in [5.74, 6) is 1.31. The van der Waals surface area contributed by atoms with Crippen LogP contribution in [0.15, 0.2) is 219 Å². The smallest absolute Gasteiger partial charge is 0.263 e. The van der Waals surface area contributed by atoms with E-state index in [-0.39, 0.29) is 65.6 Å². The number of nitrogens with one attached hydrogen (secondary N) is 8. The number of nitrogens with zero attached hydrogens (tertiary/aromatic N) is 1. The number of anilines is 8. The van der Waals surface area contributed by atoms with E-state index >= 15 is 0 Å². The number of rotatable bonds is 10. The zero-order valence-corrected chi connectivity index (χ0v) is 53.0. The number of hydrogen-bond donors (Lipinski definition) is 8. The molecule has 4 aliphatic heterocycles. The van der Waals surface area contributed by atoms with Crippen LogP contribution in [0.3, 0.4) is 0 Å². The molecule has 8 N–H and O–H groups in total. The van der Waals surface area contributed by atoms with Gasteiger partial charge in [0.05, 0.1) is 51.0 Å². The van der Waals surface area contributed by atoms with Crippen molar-refractivity contribution in [2.24, 2.45) is 0 Å². The van der Waals surface area contributed by atoms with Crippen LogP contribution >= 0.6 is 0 Å². The number of benzene rings is 9. The Kier molecular flexibility index (Phi) is 20.8. The lowest BCUT2D eigenvalue weighted by molar-refractivity contribution is -0.117. The molecular formula is C78H73F2N9O6. The number of halogens is 2. The highest BCUT2D eigenvalue weighted by Crippen LogP contribution is 2.40. The lowest BCUT2D eigenvalue weighted by Crippen LogP contribution is -2.19. The number of pyridine rings is 1. The van der Waals surface area contributed by atoms with Gasteiger partial charge in [0.25, 0.3) is 6.43 Å². The molecule has 4 atom stereocenters. The van der Waals surface area contributed by atoms with Crippen LogP contribution < -0.4 is 47.3 Å². The summed E-state index contributed by atoms with van der Waals surface area (Å²) in [5, 5.41) is 26.3. The molecule has 4 aliphatic rings. The van der Waals surface area contributed by atoms with Gasteiger partial charge in [-0.05, 0) is 111 Å². The molecule has 10 aromatic rings. The van der Waals surface area contributed by atoms with Crippen molar-refractivity contribution in [3.8, 4) is 33.8 Å². The number of para-hydroxylation sites is 7. The predicted molar refractivity (Wildman–Crippen MR) is 379 cm³/mol. The Bertz CT molecular complexity index is 4470. The fourth-order valence-electron chi connectivity index (χ4n) is 11.7. The summed E-state index contributed by atoms with van der Waals surface area (Å²) in [6.45, 7) is 7.89. The van der Waals surface area contributed by atoms with Gasteiger partial charge in [-0.15, -0.1) is 0 Å². The van der Waals surface area contributed by atoms with Gasteiger partial charge in [0.2, 0.25) is 23.6 Å². The molecule has 0 bridgehead atoms. The standard InChI is InChI=1S/C24H22N2O3.C19H17N3O.C18H18N2O.C17H16F2N2O/c1-16-14-23(28)26-20-12-7-11-19(24(20)25-16)21(27)15-17-8-5-6-13-22(17)29-18-9-3-2-4-10-18;1-12-9-18(23)22-17-8-4-6-15(19(17)21-12)14-10-13-5-2-3-7-16(13)20-11-14;1-13-12-17(21)20-16-9-5-8-15(18(16)19-13)11-10-14-6-3-2-4-7-14;1-10-8-15(22)21-14-7-3-6-13(16(14)20-10)11-4-2-5-12(9-11)17(18)19/h2-13,16,25H,14-15H2,1H3,(H,26,28);2-8,10-12,21H,9H2,1H3,(H,22,23);2-11,13,19H,12H2,1H3,(H,20,21);2-7,9-10,17,20H,8H2,1H3,(H,21,22)/b;;11-10+;/t;12-;13-;10-/m.111/s1. The fourth-order valence-corrected chi connectivity index (χ4v) is 11.7. The maximum Gasteiger partial charge on any atom is 0.263 e. The van der Waals surface area contributed by atoms with Gasteiger partial charge in [0, 0.05) is 101 Å². The van der Waals surface area contributed by atoms with Crippen molar-refractivity contribution >= 4 is 98.0 Å².